The van der Waals surface area contributed by atoms with E-state index in [4.69, 9.17) is 15.2 Å². The maximum absolute atomic E-state index is 12.6. The maximum atomic E-state index is 12.6. The van der Waals surface area contributed by atoms with Gasteiger partial charge in [0, 0.05) is 29.6 Å². The normalized spacial score (nSPS) is 16.3. The van der Waals surface area contributed by atoms with Crippen LogP contribution in [-0.2, 0) is 0 Å². The zero-order valence-electron chi connectivity index (χ0n) is 16.6. The number of primary amides is 1. The Hall–Kier alpha value is -3.67. The average Bonchev–Trinajstić information content (AvgIpc) is 2.78. The molecule has 3 aromatic rings. The van der Waals surface area contributed by atoms with Gasteiger partial charge in [-0.25, -0.2) is 0 Å². The van der Waals surface area contributed by atoms with E-state index in [1.54, 1.807) is 42.7 Å². The van der Waals surface area contributed by atoms with Crippen molar-refractivity contribution in [1.82, 2.24) is 4.98 Å². The van der Waals surface area contributed by atoms with Crippen LogP contribution in [0.3, 0.4) is 0 Å². The van der Waals surface area contributed by atoms with Crippen LogP contribution in [0, 0.1) is 5.92 Å². The number of aromatic nitrogens is 1. The van der Waals surface area contributed by atoms with E-state index in [-0.39, 0.29) is 11.7 Å². The molecule has 30 heavy (non-hydrogen) atoms. The number of ether oxygens (including phenoxy) is 2. The number of carbonyl (C=O) groups excluding carboxylic acids is 2. The van der Waals surface area contributed by atoms with Crippen molar-refractivity contribution in [1.29, 1.82) is 0 Å². The summed E-state index contributed by atoms with van der Waals surface area (Å²) in [6.07, 6.45) is 3.48. The molecule has 0 spiro atoms. The van der Waals surface area contributed by atoms with Crippen LogP contribution in [0.5, 0.6) is 11.5 Å². The number of ketones is 1. The van der Waals surface area contributed by atoms with Crippen molar-refractivity contribution < 1.29 is 19.1 Å². The standard InChI is InChI=1S/C24H22N2O4/c1-2-15-14-29-21-13-17(7-8-20(21)22(15)27)30-23(16-9-11-26-12-10-16)18-5-3-4-6-19(18)24(25)28/h3-13,15,23H,2,14H2,1H3,(H2,25,28)/t15-,23+/m0/s1. The van der Waals surface area contributed by atoms with Crippen molar-refractivity contribution in [2.45, 2.75) is 19.4 Å². The van der Waals surface area contributed by atoms with E-state index in [1.807, 2.05) is 31.2 Å². The van der Waals surface area contributed by atoms with Crippen LogP contribution in [0.1, 0.15) is 51.3 Å². The summed E-state index contributed by atoms with van der Waals surface area (Å²) in [6.45, 7) is 2.34. The molecule has 2 N–H and O–H groups in total. The fraction of sp³-hybridized carbons (Fsp3) is 0.208. The molecule has 6 nitrogen and oxygen atoms in total. The molecule has 6 heteroatoms. The molecular formula is C24H22N2O4. The molecule has 1 aromatic heterocycles. The van der Waals surface area contributed by atoms with Crippen molar-refractivity contribution in [2.75, 3.05) is 6.61 Å². The van der Waals surface area contributed by atoms with Gasteiger partial charge in [0.25, 0.3) is 0 Å². The molecule has 0 saturated heterocycles. The quantitative estimate of drug-likeness (QED) is 0.674. The Labute approximate surface area is 174 Å². The highest BCUT2D eigenvalue weighted by molar-refractivity contribution is 6.01. The minimum atomic E-state index is -0.586. The van der Waals surface area contributed by atoms with Gasteiger partial charge in [0.05, 0.1) is 18.1 Å². The Kier molecular flexibility index (Phi) is 5.48. The first-order chi connectivity index (χ1) is 14.6. The number of nitrogens with two attached hydrogens (primary N) is 1. The van der Waals surface area contributed by atoms with Gasteiger partial charge in [-0.1, -0.05) is 25.1 Å². The fourth-order valence-electron chi connectivity index (χ4n) is 3.62. The SMILES string of the molecule is CC[C@H]1COc2cc(O[C@H](c3ccncc3)c3ccccc3C(N)=O)ccc2C1=O. The molecule has 1 aliphatic heterocycles. The lowest BCUT2D eigenvalue weighted by atomic mass is 9.93. The lowest BCUT2D eigenvalue weighted by Gasteiger charge is -2.25. The minimum absolute atomic E-state index is 0.0926. The zero-order chi connectivity index (χ0) is 21.1. The van der Waals surface area contributed by atoms with E-state index < -0.39 is 12.0 Å². The predicted molar refractivity (Wildman–Crippen MR) is 112 cm³/mol. The van der Waals surface area contributed by atoms with Gasteiger partial charge in [-0.05, 0) is 42.3 Å². The molecule has 1 aliphatic rings. The summed E-state index contributed by atoms with van der Waals surface area (Å²) in [6, 6.07) is 15.9. The first kappa shape index (κ1) is 19.6. The number of nitrogens with zero attached hydrogens (tertiary/aromatic N) is 1. The van der Waals surface area contributed by atoms with Gasteiger partial charge in [0.1, 0.15) is 17.6 Å². The second kappa shape index (κ2) is 8.37. The molecule has 0 unspecified atom stereocenters. The van der Waals surface area contributed by atoms with Crippen LogP contribution in [0.2, 0.25) is 0 Å². The van der Waals surface area contributed by atoms with Gasteiger partial charge >= 0.3 is 0 Å². The summed E-state index contributed by atoms with van der Waals surface area (Å²) in [4.78, 5) is 28.6. The van der Waals surface area contributed by atoms with Crippen molar-refractivity contribution in [3.8, 4) is 11.5 Å². The summed E-state index contributed by atoms with van der Waals surface area (Å²) < 4.78 is 12.1. The molecule has 2 atom stereocenters. The minimum Gasteiger partial charge on any atom is -0.492 e. The highest BCUT2D eigenvalue weighted by Crippen LogP contribution is 2.35. The smallest absolute Gasteiger partial charge is 0.249 e. The van der Waals surface area contributed by atoms with Gasteiger partial charge in [0.2, 0.25) is 5.91 Å². The Morgan fingerprint density at radius 3 is 2.70 bits per heavy atom. The Morgan fingerprint density at radius 1 is 1.20 bits per heavy atom. The molecule has 4 rings (SSSR count). The van der Waals surface area contributed by atoms with E-state index in [0.29, 0.717) is 34.8 Å². The fourth-order valence-corrected chi connectivity index (χ4v) is 3.62. The number of amides is 1. The Balaban J connectivity index is 1.72. The molecule has 0 saturated carbocycles. The van der Waals surface area contributed by atoms with E-state index in [1.165, 1.54) is 0 Å². The first-order valence-electron chi connectivity index (χ1n) is 9.84. The van der Waals surface area contributed by atoms with Crippen LogP contribution in [-0.4, -0.2) is 23.3 Å². The first-order valence-corrected chi connectivity index (χ1v) is 9.84. The number of fused-ring (bicyclic) bond motifs is 1. The second-order valence-electron chi connectivity index (χ2n) is 7.17. The molecule has 0 fully saturated rings. The highest BCUT2D eigenvalue weighted by atomic mass is 16.5. The number of hydrogen-bond donors (Lipinski definition) is 1. The Bertz CT molecular complexity index is 1080. The van der Waals surface area contributed by atoms with Crippen LogP contribution < -0.4 is 15.2 Å². The summed E-state index contributed by atoms with van der Waals surface area (Å²) >= 11 is 0. The van der Waals surface area contributed by atoms with Crippen LogP contribution >= 0.6 is 0 Å². The topological polar surface area (TPSA) is 91.5 Å². The summed E-state index contributed by atoms with van der Waals surface area (Å²) in [5.41, 5.74) is 8.01. The lowest BCUT2D eigenvalue weighted by Crippen LogP contribution is -2.27. The number of carbonyl (C=O) groups is 2. The lowest BCUT2D eigenvalue weighted by molar-refractivity contribution is 0.0825. The van der Waals surface area contributed by atoms with Crippen molar-refractivity contribution >= 4 is 11.7 Å². The molecule has 2 heterocycles. The van der Waals surface area contributed by atoms with Gasteiger partial charge in [-0.15, -0.1) is 0 Å². The van der Waals surface area contributed by atoms with Gasteiger partial charge in [-0.3, -0.25) is 14.6 Å². The highest BCUT2D eigenvalue weighted by Gasteiger charge is 2.28. The average molecular weight is 402 g/mol. The zero-order valence-corrected chi connectivity index (χ0v) is 16.6. The van der Waals surface area contributed by atoms with E-state index in [2.05, 4.69) is 4.98 Å². The van der Waals surface area contributed by atoms with Crippen molar-refractivity contribution in [3.63, 3.8) is 0 Å². The number of pyridine rings is 1. The number of Topliss-reactive ketones (excluding diaryl/α,β-unsaturated/α-hetero) is 1. The summed E-state index contributed by atoms with van der Waals surface area (Å²) in [5.74, 6) is 0.487. The molecular weight excluding hydrogens is 380 g/mol. The summed E-state index contributed by atoms with van der Waals surface area (Å²) in [7, 11) is 0. The third kappa shape index (κ3) is 3.76. The van der Waals surface area contributed by atoms with Gasteiger partial charge in [-0.2, -0.15) is 0 Å². The van der Waals surface area contributed by atoms with E-state index in [0.717, 1.165) is 12.0 Å². The van der Waals surface area contributed by atoms with E-state index in [9.17, 15) is 9.59 Å². The number of rotatable bonds is 6. The van der Waals surface area contributed by atoms with Crippen LogP contribution in [0.4, 0.5) is 0 Å². The monoisotopic (exact) mass is 402 g/mol. The van der Waals surface area contributed by atoms with Crippen LogP contribution in [0.25, 0.3) is 0 Å². The predicted octanol–water partition coefficient (Wildman–Crippen LogP) is 3.95. The number of hydrogen-bond acceptors (Lipinski definition) is 5. The molecule has 2 aromatic carbocycles. The van der Waals surface area contributed by atoms with Crippen molar-refractivity contribution in [3.05, 3.63) is 89.2 Å². The third-order valence-electron chi connectivity index (χ3n) is 5.29. The van der Waals surface area contributed by atoms with Crippen molar-refractivity contribution in [2.24, 2.45) is 11.7 Å². The van der Waals surface area contributed by atoms with Gasteiger partial charge < -0.3 is 15.2 Å². The maximum Gasteiger partial charge on any atom is 0.249 e. The molecule has 0 radical (unpaired) electrons. The third-order valence-corrected chi connectivity index (χ3v) is 5.29. The van der Waals surface area contributed by atoms with Gasteiger partial charge in [0.15, 0.2) is 5.78 Å². The molecule has 1 amide bonds. The van der Waals surface area contributed by atoms with E-state index >= 15 is 0 Å². The largest absolute Gasteiger partial charge is 0.492 e. The number of benzene rings is 2. The Morgan fingerprint density at radius 2 is 1.97 bits per heavy atom. The summed E-state index contributed by atoms with van der Waals surface area (Å²) in [5, 5.41) is 0. The molecule has 0 bridgehead atoms. The van der Waals surface area contributed by atoms with Crippen LogP contribution in [0.15, 0.2) is 67.0 Å². The molecule has 152 valence electrons. The second-order valence-corrected chi connectivity index (χ2v) is 7.17. The molecule has 0 aliphatic carbocycles.